The molecule has 0 fully saturated rings. The summed E-state index contributed by atoms with van der Waals surface area (Å²) >= 11 is 0. The molecule has 0 aliphatic carbocycles. The van der Waals surface area contributed by atoms with Gasteiger partial charge >= 0.3 is 0 Å². The molecule has 0 spiro atoms. The number of nitrogens with one attached hydrogen (secondary N) is 1. The van der Waals surface area contributed by atoms with Crippen LogP contribution in [0.4, 0.5) is 0 Å². The lowest BCUT2D eigenvalue weighted by Crippen LogP contribution is -2.17. The molecule has 0 aromatic heterocycles. The summed E-state index contributed by atoms with van der Waals surface area (Å²) in [5.74, 6) is 1.80. The van der Waals surface area contributed by atoms with E-state index in [-0.39, 0.29) is 0 Å². The van der Waals surface area contributed by atoms with E-state index in [1.165, 1.54) is 24.8 Å². The molecule has 0 bridgehead atoms. The van der Waals surface area contributed by atoms with Crippen LogP contribution in [0.15, 0.2) is 24.3 Å². The van der Waals surface area contributed by atoms with E-state index in [0.29, 0.717) is 5.92 Å². The third kappa shape index (κ3) is 2.76. The third-order valence-corrected chi connectivity index (χ3v) is 3.24. The van der Waals surface area contributed by atoms with Crippen LogP contribution in [0, 0.1) is 0 Å². The SMILES string of the molecule is CCNCCCC1CCOc2ccccc21. The second kappa shape index (κ2) is 5.90. The van der Waals surface area contributed by atoms with E-state index >= 15 is 0 Å². The molecular weight excluding hydrogens is 198 g/mol. The van der Waals surface area contributed by atoms with Crippen molar-refractivity contribution in [3.63, 3.8) is 0 Å². The molecule has 1 unspecified atom stereocenters. The van der Waals surface area contributed by atoms with Gasteiger partial charge in [0.15, 0.2) is 0 Å². The van der Waals surface area contributed by atoms with Gasteiger partial charge in [-0.25, -0.2) is 0 Å². The molecule has 0 saturated heterocycles. The molecule has 2 nitrogen and oxygen atoms in total. The first-order valence-electron chi connectivity index (χ1n) is 6.34. The van der Waals surface area contributed by atoms with Crippen LogP contribution in [-0.2, 0) is 0 Å². The first-order chi connectivity index (χ1) is 7.92. The Balaban J connectivity index is 1.91. The molecule has 16 heavy (non-hydrogen) atoms. The quantitative estimate of drug-likeness (QED) is 0.769. The Hall–Kier alpha value is -1.02. The van der Waals surface area contributed by atoms with Gasteiger partial charge in [-0.1, -0.05) is 25.1 Å². The summed E-state index contributed by atoms with van der Waals surface area (Å²) in [7, 11) is 0. The zero-order valence-electron chi connectivity index (χ0n) is 10.0. The molecule has 1 aromatic rings. The van der Waals surface area contributed by atoms with Gasteiger partial charge in [0.1, 0.15) is 5.75 Å². The maximum atomic E-state index is 5.67. The van der Waals surface area contributed by atoms with Crippen molar-refractivity contribution in [2.45, 2.75) is 32.1 Å². The van der Waals surface area contributed by atoms with E-state index in [4.69, 9.17) is 4.74 Å². The summed E-state index contributed by atoms with van der Waals surface area (Å²) in [4.78, 5) is 0. The highest BCUT2D eigenvalue weighted by Gasteiger charge is 2.19. The van der Waals surface area contributed by atoms with E-state index in [0.717, 1.165) is 25.4 Å². The summed E-state index contributed by atoms with van der Waals surface area (Å²) in [6.07, 6.45) is 3.70. The van der Waals surface area contributed by atoms with Gasteiger partial charge in [0.05, 0.1) is 6.61 Å². The van der Waals surface area contributed by atoms with Crippen molar-refractivity contribution in [2.24, 2.45) is 0 Å². The van der Waals surface area contributed by atoms with Crippen molar-refractivity contribution in [3.8, 4) is 5.75 Å². The second-order valence-electron chi connectivity index (χ2n) is 4.37. The topological polar surface area (TPSA) is 21.3 Å². The average molecular weight is 219 g/mol. The van der Waals surface area contributed by atoms with Crippen molar-refractivity contribution < 1.29 is 4.74 Å². The van der Waals surface area contributed by atoms with Crippen LogP contribution in [0.3, 0.4) is 0 Å². The van der Waals surface area contributed by atoms with Gasteiger partial charge in [-0.05, 0) is 49.9 Å². The number of para-hydroxylation sites is 1. The lowest BCUT2D eigenvalue weighted by Gasteiger charge is -2.25. The van der Waals surface area contributed by atoms with Crippen LogP contribution in [0.5, 0.6) is 5.75 Å². The second-order valence-corrected chi connectivity index (χ2v) is 4.37. The van der Waals surface area contributed by atoms with Crippen LogP contribution >= 0.6 is 0 Å². The summed E-state index contributed by atoms with van der Waals surface area (Å²) in [5.41, 5.74) is 1.41. The Morgan fingerprint density at radius 2 is 2.25 bits per heavy atom. The number of hydrogen-bond acceptors (Lipinski definition) is 2. The molecule has 1 aliphatic rings. The summed E-state index contributed by atoms with van der Waals surface area (Å²) in [6.45, 7) is 5.24. The first-order valence-corrected chi connectivity index (χ1v) is 6.34. The van der Waals surface area contributed by atoms with Gasteiger partial charge in [-0.2, -0.15) is 0 Å². The first kappa shape index (κ1) is 11.5. The molecule has 2 heteroatoms. The minimum absolute atomic E-state index is 0.698. The van der Waals surface area contributed by atoms with E-state index in [2.05, 4.69) is 36.5 Å². The Labute approximate surface area is 98.0 Å². The Bertz CT molecular complexity index is 324. The zero-order valence-corrected chi connectivity index (χ0v) is 10.0. The van der Waals surface area contributed by atoms with E-state index in [9.17, 15) is 0 Å². The van der Waals surface area contributed by atoms with E-state index < -0.39 is 0 Å². The monoisotopic (exact) mass is 219 g/mol. The number of benzene rings is 1. The van der Waals surface area contributed by atoms with Gasteiger partial charge in [0.2, 0.25) is 0 Å². The molecule has 1 atom stereocenters. The lowest BCUT2D eigenvalue weighted by molar-refractivity contribution is 0.261. The molecule has 0 amide bonds. The molecule has 88 valence electrons. The average Bonchev–Trinajstić information content (AvgIpc) is 2.35. The molecule has 0 radical (unpaired) electrons. The van der Waals surface area contributed by atoms with Crippen molar-refractivity contribution in [1.29, 1.82) is 0 Å². The number of ether oxygens (including phenoxy) is 1. The largest absolute Gasteiger partial charge is 0.493 e. The smallest absolute Gasteiger partial charge is 0.122 e. The van der Waals surface area contributed by atoms with Crippen molar-refractivity contribution in [2.75, 3.05) is 19.7 Å². The maximum absolute atomic E-state index is 5.67. The van der Waals surface area contributed by atoms with Crippen LogP contribution in [-0.4, -0.2) is 19.7 Å². The molecule has 1 aliphatic heterocycles. The fourth-order valence-corrected chi connectivity index (χ4v) is 2.37. The van der Waals surface area contributed by atoms with Crippen molar-refractivity contribution in [1.82, 2.24) is 5.32 Å². The van der Waals surface area contributed by atoms with Crippen LogP contribution < -0.4 is 10.1 Å². The molecule has 0 saturated carbocycles. The van der Waals surface area contributed by atoms with Gasteiger partial charge in [0.25, 0.3) is 0 Å². The highest BCUT2D eigenvalue weighted by Crippen LogP contribution is 2.35. The van der Waals surface area contributed by atoms with Gasteiger partial charge in [-0.15, -0.1) is 0 Å². The summed E-state index contributed by atoms with van der Waals surface area (Å²) in [6, 6.07) is 8.48. The minimum atomic E-state index is 0.698. The van der Waals surface area contributed by atoms with Gasteiger partial charge in [0, 0.05) is 0 Å². The summed E-state index contributed by atoms with van der Waals surface area (Å²) < 4.78 is 5.67. The summed E-state index contributed by atoms with van der Waals surface area (Å²) in [5, 5.41) is 3.38. The number of rotatable bonds is 5. The van der Waals surface area contributed by atoms with Crippen LogP contribution in [0.2, 0.25) is 0 Å². The van der Waals surface area contributed by atoms with Crippen LogP contribution in [0.1, 0.15) is 37.7 Å². The standard InChI is InChI=1S/C14H21NO/c1-2-15-10-5-6-12-9-11-16-14-8-4-3-7-13(12)14/h3-4,7-8,12,15H,2,5-6,9-11H2,1H3. The van der Waals surface area contributed by atoms with Crippen LogP contribution in [0.25, 0.3) is 0 Å². The predicted molar refractivity (Wildman–Crippen MR) is 67.1 cm³/mol. The molecule has 2 rings (SSSR count). The molecule has 1 N–H and O–H groups in total. The fraction of sp³-hybridized carbons (Fsp3) is 0.571. The predicted octanol–water partition coefficient (Wildman–Crippen LogP) is 2.94. The Kier molecular flexibility index (Phi) is 4.23. The van der Waals surface area contributed by atoms with Gasteiger partial charge < -0.3 is 10.1 Å². The molecular formula is C14H21NO. The maximum Gasteiger partial charge on any atom is 0.122 e. The van der Waals surface area contributed by atoms with Crippen molar-refractivity contribution >= 4 is 0 Å². The van der Waals surface area contributed by atoms with Gasteiger partial charge in [-0.3, -0.25) is 0 Å². The van der Waals surface area contributed by atoms with E-state index in [1.54, 1.807) is 0 Å². The molecule has 1 aromatic carbocycles. The molecule has 1 heterocycles. The number of fused-ring (bicyclic) bond motifs is 1. The third-order valence-electron chi connectivity index (χ3n) is 3.24. The lowest BCUT2D eigenvalue weighted by atomic mass is 9.89. The highest BCUT2D eigenvalue weighted by molar-refractivity contribution is 5.37. The normalized spacial score (nSPS) is 18.9. The van der Waals surface area contributed by atoms with E-state index in [1.807, 2.05) is 0 Å². The Morgan fingerprint density at radius 3 is 3.12 bits per heavy atom. The number of hydrogen-bond donors (Lipinski definition) is 1. The fourth-order valence-electron chi connectivity index (χ4n) is 2.37. The highest BCUT2D eigenvalue weighted by atomic mass is 16.5. The van der Waals surface area contributed by atoms with Crippen molar-refractivity contribution in [3.05, 3.63) is 29.8 Å². The minimum Gasteiger partial charge on any atom is -0.493 e. The Morgan fingerprint density at radius 1 is 1.38 bits per heavy atom. The zero-order chi connectivity index (χ0) is 11.2.